The summed E-state index contributed by atoms with van der Waals surface area (Å²) in [5.74, 6) is -0.515. The number of ether oxygens (including phenoxy) is 2. The molecule has 8 nitrogen and oxygen atoms in total. The van der Waals surface area contributed by atoms with Crippen molar-refractivity contribution in [3.63, 3.8) is 0 Å². The molecule has 4 aromatic rings. The monoisotopic (exact) mass is 583 g/mol. The van der Waals surface area contributed by atoms with E-state index in [1.165, 1.54) is 16.2 Å². The van der Waals surface area contributed by atoms with E-state index in [0.29, 0.717) is 46.0 Å². The van der Waals surface area contributed by atoms with Crippen LogP contribution < -0.4 is 14.4 Å². The van der Waals surface area contributed by atoms with Crippen LogP contribution in [0.2, 0.25) is 0 Å². The Bertz CT molecular complexity index is 1590. The Morgan fingerprint density at radius 1 is 0.905 bits per heavy atom. The van der Waals surface area contributed by atoms with Gasteiger partial charge in [-0.15, -0.1) is 10.2 Å². The summed E-state index contributed by atoms with van der Waals surface area (Å²) >= 11 is 1.21. The maximum atomic E-state index is 13.4. The standard InChI is InChI=1S/C33H33N3O5S/c1-4-5-8-19-40-26-15-11-23(12-16-26)29-28(31(38)32(39)36(29)33-35-34-22(3)42-33)30(37)24-13-17-27(18-14-24)41-20-25-10-7-6-9-21(25)2/h6-7,9-18,29,37H,4-5,8,19-20H2,1-3H3/b30-28+. The van der Waals surface area contributed by atoms with E-state index in [9.17, 15) is 14.7 Å². The fourth-order valence-electron chi connectivity index (χ4n) is 4.81. The number of Topliss-reactive ketones (excluding diaryl/α,β-unsaturated/α-hetero) is 1. The highest BCUT2D eigenvalue weighted by molar-refractivity contribution is 7.15. The van der Waals surface area contributed by atoms with Gasteiger partial charge in [-0.05, 0) is 73.4 Å². The number of benzene rings is 3. The van der Waals surface area contributed by atoms with Crippen molar-refractivity contribution in [3.05, 3.63) is 106 Å². The van der Waals surface area contributed by atoms with Crippen LogP contribution in [0.1, 0.15) is 59.5 Å². The summed E-state index contributed by atoms with van der Waals surface area (Å²) in [5, 5.41) is 20.6. The van der Waals surface area contributed by atoms with Crippen molar-refractivity contribution in [1.82, 2.24) is 10.2 Å². The molecule has 0 bridgehead atoms. The SMILES string of the molecule is CCCCCOc1ccc(C2/C(=C(\O)c3ccc(OCc4ccccc4C)cc3)C(=O)C(=O)N2c2nnc(C)s2)cc1. The third-order valence-electron chi connectivity index (χ3n) is 7.16. The Kier molecular flexibility index (Phi) is 8.97. The minimum atomic E-state index is -0.886. The highest BCUT2D eigenvalue weighted by Crippen LogP contribution is 2.43. The van der Waals surface area contributed by atoms with E-state index in [4.69, 9.17) is 9.47 Å². The van der Waals surface area contributed by atoms with E-state index in [-0.39, 0.29) is 11.3 Å². The number of rotatable bonds is 11. The number of aryl methyl sites for hydroxylation is 2. The summed E-state index contributed by atoms with van der Waals surface area (Å²) in [6.45, 7) is 6.96. The van der Waals surface area contributed by atoms with Crippen molar-refractivity contribution >= 4 is 33.9 Å². The van der Waals surface area contributed by atoms with Gasteiger partial charge in [-0.25, -0.2) is 0 Å². The van der Waals surface area contributed by atoms with Crippen molar-refractivity contribution in [2.75, 3.05) is 11.5 Å². The average Bonchev–Trinajstić information content (AvgIpc) is 3.54. The lowest BCUT2D eigenvalue weighted by Crippen LogP contribution is -2.29. The Morgan fingerprint density at radius 3 is 2.26 bits per heavy atom. The van der Waals surface area contributed by atoms with E-state index in [0.717, 1.165) is 30.4 Å². The van der Waals surface area contributed by atoms with Crippen LogP contribution in [0.25, 0.3) is 5.76 Å². The zero-order valence-corrected chi connectivity index (χ0v) is 24.7. The van der Waals surface area contributed by atoms with Crippen molar-refractivity contribution < 1.29 is 24.2 Å². The van der Waals surface area contributed by atoms with Gasteiger partial charge >= 0.3 is 5.91 Å². The minimum absolute atomic E-state index is 0.0157. The number of amides is 1. The molecule has 1 unspecified atom stereocenters. The van der Waals surface area contributed by atoms with E-state index in [1.54, 1.807) is 31.2 Å². The van der Waals surface area contributed by atoms with Gasteiger partial charge in [-0.3, -0.25) is 14.5 Å². The number of carbonyl (C=O) groups excluding carboxylic acids is 2. The van der Waals surface area contributed by atoms with E-state index < -0.39 is 17.7 Å². The molecule has 0 radical (unpaired) electrons. The summed E-state index contributed by atoms with van der Waals surface area (Å²) in [4.78, 5) is 28.1. The Morgan fingerprint density at radius 2 is 1.60 bits per heavy atom. The Labute approximate surface area is 249 Å². The van der Waals surface area contributed by atoms with Gasteiger partial charge in [0.2, 0.25) is 5.13 Å². The topological polar surface area (TPSA) is 102 Å². The first kappa shape index (κ1) is 29.0. The molecule has 1 aliphatic heterocycles. The molecule has 2 heterocycles. The molecule has 42 heavy (non-hydrogen) atoms. The quantitative estimate of drug-likeness (QED) is 0.0884. The number of nitrogens with zero attached hydrogens (tertiary/aromatic N) is 3. The molecule has 0 saturated carbocycles. The number of hydrogen-bond acceptors (Lipinski definition) is 8. The fraction of sp³-hybridized carbons (Fsp3) is 0.273. The van der Waals surface area contributed by atoms with Crippen LogP contribution in [0, 0.1) is 13.8 Å². The van der Waals surface area contributed by atoms with Crippen molar-refractivity contribution in [2.24, 2.45) is 0 Å². The molecule has 0 aliphatic carbocycles. The first-order valence-corrected chi connectivity index (χ1v) is 14.8. The van der Waals surface area contributed by atoms with E-state index in [2.05, 4.69) is 17.1 Å². The molecule has 216 valence electrons. The number of aliphatic hydroxyl groups is 1. The predicted molar refractivity (Wildman–Crippen MR) is 163 cm³/mol. The number of unbranched alkanes of at least 4 members (excludes halogenated alkanes) is 2. The second-order valence-corrected chi connectivity index (χ2v) is 11.3. The first-order valence-electron chi connectivity index (χ1n) is 14.0. The lowest BCUT2D eigenvalue weighted by Gasteiger charge is -2.22. The van der Waals surface area contributed by atoms with Crippen LogP contribution in [0.3, 0.4) is 0 Å². The Balaban J connectivity index is 1.45. The highest BCUT2D eigenvalue weighted by Gasteiger charge is 2.48. The lowest BCUT2D eigenvalue weighted by molar-refractivity contribution is -0.132. The number of aliphatic hydroxyl groups excluding tert-OH is 1. The van der Waals surface area contributed by atoms with E-state index in [1.807, 2.05) is 55.5 Å². The number of anilines is 1. The summed E-state index contributed by atoms with van der Waals surface area (Å²) in [7, 11) is 0. The van der Waals surface area contributed by atoms with Crippen LogP contribution in [-0.2, 0) is 16.2 Å². The third kappa shape index (κ3) is 6.21. The van der Waals surface area contributed by atoms with Crippen LogP contribution in [0.4, 0.5) is 5.13 Å². The van der Waals surface area contributed by atoms with Gasteiger partial charge in [0.25, 0.3) is 5.78 Å². The molecule has 0 spiro atoms. The highest BCUT2D eigenvalue weighted by atomic mass is 32.1. The largest absolute Gasteiger partial charge is 0.507 e. The number of aromatic nitrogens is 2. The van der Waals surface area contributed by atoms with Crippen LogP contribution in [0.5, 0.6) is 11.5 Å². The zero-order valence-electron chi connectivity index (χ0n) is 23.9. The molecule has 1 atom stereocenters. The molecule has 1 aliphatic rings. The molecule has 1 amide bonds. The van der Waals surface area contributed by atoms with Gasteiger partial charge in [0.05, 0.1) is 18.2 Å². The van der Waals surface area contributed by atoms with Gasteiger partial charge < -0.3 is 14.6 Å². The maximum Gasteiger partial charge on any atom is 0.301 e. The summed E-state index contributed by atoms with van der Waals surface area (Å²) in [6.07, 6.45) is 3.16. The zero-order chi connectivity index (χ0) is 29.6. The number of carbonyl (C=O) groups is 2. The van der Waals surface area contributed by atoms with Crippen LogP contribution in [0.15, 0.2) is 78.4 Å². The molecule has 5 rings (SSSR count). The molecule has 1 saturated heterocycles. The average molecular weight is 584 g/mol. The second kappa shape index (κ2) is 13.0. The number of hydrogen-bond donors (Lipinski definition) is 1. The van der Waals surface area contributed by atoms with E-state index >= 15 is 0 Å². The minimum Gasteiger partial charge on any atom is -0.507 e. The Hall–Kier alpha value is -4.50. The third-order valence-corrected chi connectivity index (χ3v) is 8.00. The maximum absolute atomic E-state index is 13.4. The molecular formula is C33H33N3O5S. The predicted octanol–water partition coefficient (Wildman–Crippen LogP) is 6.93. The van der Waals surface area contributed by atoms with Crippen molar-refractivity contribution in [3.8, 4) is 11.5 Å². The molecule has 1 aromatic heterocycles. The van der Waals surface area contributed by atoms with Crippen molar-refractivity contribution in [2.45, 2.75) is 52.7 Å². The van der Waals surface area contributed by atoms with Crippen LogP contribution >= 0.6 is 11.3 Å². The van der Waals surface area contributed by atoms with Gasteiger partial charge in [0.1, 0.15) is 28.9 Å². The lowest BCUT2D eigenvalue weighted by atomic mass is 9.95. The summed E-state index contributed by atoms with van der Waals surface area (Å²) in [5.41, 5.74) is 3.23. The fourth-order valence-corrected chi connectivity index (χ4v) is 5.53. The van der Waals surface area contributed by atoms with Gasteiger partial charge in [-0.2, -0.15) is 0 Å². The van der Waals surface area contributed by atoms with Gasteiger partial charge in [0.15, 0.2) is 0 Å². The summed E-state index contributed by atoms with van der Waals surface area (Å²) < 4.78 is 11.8. The van der Waals surface area contributed by atoms with Crippen LogP contribution in [-0.4, -0.2) is 33.6 Å². The van der Waals surface area contributed by atoms with Gasteiger partial charge in [-0.1, -0.05) is 67.5 Å². The molecular weight excluding hydrogens is 550 g/mol. The van der Waals surface area contributed by atoms with Crippen molar-refractivity contribution in [1.29, 1.82) is 0 Å². The smallest absolute Gasteiger partial charge is 0.301 e. The summed E-state index contributed by atoms with van der Waals surface area (Å²) in [6, 6.07) is 21.2. The molecule has 3 aromatic carbocycles. The molecule has 9 heteroatoms. The van der Waals surface area contributed by atoms with Gasteiger partial charge in [0, 0.05) is 5.56 Å². The second-order valence-electron chi connectivity index (χ2n) is 10.1. The molecule has 1 N–H and O–H groups in total. The first-order chi connectivity index (χ1) is 20.4. The number of ketones is 1. The normalized spacial score (nSPS) is 16.2. The molecule has 1 fully saturated rings.